The lowest BCUT2D eigenvalue weighted by atomic mass is 10.1. The van der Waals surface area contributed by atoms with E-state index in [1.54, 1.807) is 72.8 Å². The van der Waals surface area contributed by atoms with Crippen molar-refractivity contribution in [1.82, 2.24) is 0 Å². The van der Waals surface area contributed by atoms with Crippen molar-refractivity contribution in [2.45, 2.75) is 25.2 Å². The number of nitrogens with one attached hydrogen (secondary N) is 2. The molecule has 0 saturated carbocycles. The topological polar surface area (TPSA) is 95.6 Å². The maximum atomic E-state index is 12.8. The lowest BCUT2D eigenvalue weighted by Crippen LogP contribution is -2.26. The van der Waals surface area contributed by atoms with Crippen LogP contribution in [0, 0.1) is 6.92 Å². The zero-order chi connectivity index (χ0) is 23.3. The second-order valence-corrected chi connectivity index (χ2v) is 9.41. The molecule has 0 radical (unpaired) electrons. The van der Waals surface area contributed by atoms with Gasteiger partial charge in [0, 0.05) is 25.3 Å². The van der Waals surface area contributed by atoms with Gasteiger partial charge in [0.15, 0.2) is 0 Å². The summed E-state index contributed by atoms with van der Waals surface area (Å²) in [5.74, 6) is -0.415. The van der Waals surface area contributed by atoms with E-state index in [2.05, 4.69) is 10.6 Å². The minimum atomic E-state index is -3.67. The standard InChI is InChI=1S/C24H25N3O4S/c1-17-7-13-23(14-8-17)32(30,31)27(3)22-11-9-19(10-12-22)15-24(29)26-21-6-4-5-20(16-21)25-18(2)28/h4-14,16H,15H2,1-3H3,(H,25,28)(H,26,29). The van der Waals surface area contributed by atoms with Crippen molar-refractivity contribution in [1.29, 1.82) is 0 Å². The number of sulfonamides is 1. The van der Waals surface area contributed by atoms with Crippen LogP contribution in [0.15, 0.2) is 77.7 Å². The molecule has 2 amide bonds. The van der Waals surface area contributed by atoms with Crippen LogP contribution in [0.25, 0.3) is 0 Å². The number of benzene rings is 3. The molecule has 2 N–H and O–H groups in total. The predicted molar refractivity (Wildman–Crippen MR) is 126 cm³/mol. The largest absolute Gasteiger partial charge is 0.326 e. The highest BCUT2D eigenvalue weighted by Gasteiger charge is 2.21. The second-order valence-electron chi connectivity index (χ2n) is 7.44. The Morgan fingerprint density at radius 1 is 0.875 bits per heavy atom. The third kappa shape index (κ3) is 5.73. The molecule has 0 aliphatic carbocycles. The molecule has 0 aliphatic heterocycles. The molecule has 3 rings (SSSR count). The van der Waals surface area contributed by atoms with Crippen molar-refractivity contribution in [3.05, 3.63) is 83.9 Å². The molecule has 0 aliphatic rings. The van der Waals surface area contributed by atoms with Gasteiger partial charge in [-0.05, 0) is 55.0 Å². The molecular formula is C24H25N3O4S. The number of carbonyl (C=O) groups is 2. The molecule has 7 nitrogen and oxygen atoms in total. The average molecular weight is 452 g/mol. The van der Waals surface area contributed by atoms with E-state index in [1.807, 2.05) is 6.92 Å². The van der Waals surface area contributed by atoms with Crippen LogP contribution in [0.1, 0.15) is 18.1 Å². The van der Waals surface area contributed by atoms with Crippen LogP contribution >= 0.6 is 0 Å². The minimum absolute atomic E-state index is 0.124. The first kappa shape index (κ1) is 23.0. The van der Waals surface area contributed by atoms with E-state index in [9.17, 15) is 18.0 Å². The van der Waals surface area contributed by atoms with Crippen LogP contribution in [0.5, 0.6) is 0 Å². The molecule has 0 atom stereocenters. The first-order valence-corrected chi connectivity index (χ1v) is 11.4. The van der Waals surface area contributed by atoms with Crippen LogP contribution in [-0.2, 0) is 26.0 Å². The quantitative estimate of drug-likeness (QED) is 0.568. The van der Waals surface area contributed by atoms with Gasteiger partial charge in [0.1, 0.15) is 0 Å². The third-order valence-electron chi connectivity index (χ3n) is 4.81. The molecule has 0 heterocycles. The van der Waals surface area contributed by atoms with Crippen LogP contribution in [0.4, 0.5) is 17.1 Å². The number of aryl methyl sites for hydroxylation is 1. The summed E-state index contributed by atoms with van der Waals surface area (Å²) in [4.78, 5) is 23.8. The molecule has 0 fully saturated rings. The molecule has 0 bridgehead atoms. The van der Waals surface area contributed by atoms with Crippen molar-refractivity contribution in [3.8, 4) is 0 Å². The van der Waals surface area contributed by atoms with E-state index in [1.165, 1.54) is 18.3 Å². The maximum Gasteiger partial charge on any atom is 0.264 e. The molecule has 0 saturated heterocycles. The summed E-state index contributed by atoms with van der Waals surface area (Å²) in [5, 5.41) is 5.46. The SMILES string of the molecule is CC(=O)Nc1cccc(NC(=O)Cc2ccc(N(C)S(=O)(=O)c3ccc(C)cc3)cc2)c1. The highest BCUT2D eigenvalue weighted by Crippen LogP contribution is 2.23. The monoisotopic (exact) mass is 451 g/mol. The molecule has 3 aromatic carbocycles. The summed E-state index contributed by atoms with van der Waals surface area (Å²) in [6.45, 7) is 3.31. The zero-order valence-corrected chi connectivity index (χ0v) is 18.9. The Balaban J connectivity index is 1.66. The fourth-order valence-electron chi connectivity index (χ4n) is 3.10. The summed E-state index contributed by atoms with van der Waals surface area (Å²) in [6.07, 6.45) is 0.124. The molecular weight excluding hydrogens is 426 g/mol. The summed E-state index contributed by atoms with van der Waals surface area (Å²) in [5.41, 5.74) is 3.39. The number of carbonyl (C=O) groups excluding carboxylic acids is 2. The highest BCUT2D eigenvalue weighted by molar-refractivity contribution is 7.92. The predicted octanol–water partition coefficient (Wildman–Crippen LogP) is 3.96. The molecule has 0 unspecified atom stereocenters. The Morgan fingerprint density at radius 3 is 2.06 bits per heavy atom. The lowest BCUT2D eigenvalue weighted by Gasteiger charge is -2.20. The molecule has 3 aromatic rings. The summed E-state index contributed by atoms with van der Waals surface area (Å²) in [7, 11) is -2.18. The van der Waals surface area contributed by atoms with Gasteiger partial charge in [-0.15, -0.1) is 0 Å². The van der Waals surface area contributed by atoms with Crippen molar-refractivity contribution in [2.75, 3.05) is 22.0 Å². The summed E-state index contributed by atoms with van der Waals surface area (Å²) in [6, 6.07) is 20.4. The van der Waals surface area contributed by atoms with Gasteiger partial charge in [-0.25, -0.2) is 8.42 Å². The second kappa shape index (κ2) is 9.65. The Morgan fingerprint density at radius 2 is 1.47 bits per heavy atom. The molecule has 0 aromatic heterocycles. The van der Waals surface area contributed by atoms with Crippen LogP contribution in [-0.4, -0.2) is 27.3 Å². The first-order chi connectivity index (χ1) is 15.1. The van der Waals surface area contributed by atoms with Crippen LogP contribution < -0.4 is 14.9 Å². The van der Waals surface area contributed by atoms with Gasteiger partial charge in [0.25, 0.3) is 10.0 Å². The third-order valence-corrected chi connectivity index (χ3v) is 6.61. The zero-order valence-electron chi connectivity index (χ0n) is 18.1. The van der Waals surface area contributed by atoms with E-state index in [0.29, 0.717) is 17.1 Å². The van der Waals surface area contributed by atoms with E-state index >= 15 is 0 Å². The molecule has 166 valence electrons. The number of hydrogen-bond acceptors (Lipinski definition) is 4. The van der Waals surface area contributed by atoms with Gasteiger partial charge in [-0.2, -0.15) is 0 Å². The average Bonchev–Trinajstić information content (AvgIpc) is 2.74. The first-order valence-electron chi connectivity index (χ1n) is 9.97. The van der Waals surface area contributed by atoms with Gasteiger partial charge in [0.05, 0.1) is 17.0 Å². The summed E-state index contributed by atoms with van der Waals surface area (Å²) < 4.78 is 26.9. The normalized spacial score (nSPS) is 11.0. The minimum Gasteiger partial charge on any atom is -0.326 e. The van der Waals surface area contributed by atoms with Crippen molar-refractivity contribution in [3.63, 3.8) is 0 Å². The molecule has 0 spiro atoms. The number of hydrogen-bond donors (Lipinski definition) is 2. The van der Waals surface area contributed by atoms with Crippen molar-refractivity contribution in [2.24, 2.45) is 0 Å². The Bertz CT molecular complexity index is 1220. The highest BCUT2D eigenvalue weighted by atomic mass is 32.2. The van der Waals surface area contributed by atoms with E-state index in [-0.39, 0.29) is 23.1 Å². The Hall–Kier alpha value is -3.65. The van der Waals surface area contributed by atoms with Crippen molar-refractivity contribution < 1.29 is 18.0 Å². The molecule has 8 heteroatoms. The van der Waals surface area contributed by atoms with Gasteiger partial charge >= 0.3 is 0 Å². The molecule has 32 heavy (non-hydrogen) atoms. The fraction of sp³-hybridized carbons (Fsp3) is 0.167. The van der Waals surface area contributed by atoms with Crippen LogP contribution in [0.3, 0.4) is 0 Å². The van der Waals surface area contributed by atoms with Gasteiger partial charge in [-0.1, -0.05) is 35.9 Å². The number of anilines is 3. The fourth-order valence-corrected chi connectivity index (χ4v) is 4.29. The lowest BCUT2D eigenvalue weighted by molar-refractivity contribution is -0.115. The van der Waals surface area contributed by atoms with Crippen LogP contribution in [0.2, 0.25) is 0 Å². The van der Waals surface area contributed by atoms with Gasteiger partial charge < -0.3 is 10.6 Å². The van der Waals surface area contributed by atoms with Gasteiger partial charge in [-0.3, -0.25) is 13.9 Å². The summed E-state index contributed by atoms with van der Waals surface area (Å²) >= 11 is 0. The van der Waals surface area contributed by atoms with E-state index in [0.717, 1.165) is 11.1 Å². The number of nitrogens with zero attached hydrogens (tertiary/aromatic N) is 1. The number of rotatable bonds is 7. The Kier molecular flexibility index (Phi) is 6.95. The number of amides is 2. The van der Waals surface area contributed by atoms with E-state index in [4.69, 9.17) is 0 Å². The van der Waals surface area contributed by atoms with Crippen molar-refractivity contribution >= 4 is 38.9 Å². The maximum absolute atomic E-state index is 12.8. The Labute approximate surface area is 188 Å². The van der Waals surface area contributed by atoms with Gasteiger partial charge in [0.2, 0.25) is 11.8 Å². The smallest absolute Gasteiger partial charge is 0.264 e. The van der Waals surface area contributed by atoms with E-state index < -0.39 is 10.0 Å².